The molecule has 1 heterocycles. The third-order valence-electron chi connectivity index (χ3n) is 2.86. The van der Waals surface area contributed by atoms with Crippen molar-refractivity contribution in [1.29, 1.82) is 0 Å². The molecule has 17 heavy (non-hydrogen) atoms. The van der Waals surface area contributed by atoms with Crippen LogP contribution in [0.5, 0.6) is 0 Å². The van der Waals surface area contributed by atoms with Crippen LogP contribution in [0, 0.1) is 0 Å². The highest BCUT2D eigenvalue weighted by atomic mass is 16.5. The summed E-state index contributed by atoms with van der Waals surface area (Å²) in [5.41, 5.74) is 1.20. The third-order valence-corrected chi connectivity index (χ3v) is 2.86. The Labute approximate surface area is 101 Å². The van der Waals surface area contributed by atoms with Crippen molar-refractivity contribution in [3.8, 4) is 0 Å². The Hall–Kier alpha value is -1.39. The predicted octanol–water partition coefficient (Wildman–Crippen LogP) is 1.36. The van der Waals surface area contributed by atoms with Gasteiger partial charge in [0.15, 0.2) is 6.10 Å². The zero-order valence-electron chi connectivity index (χ0n) is 9.87. The molecule has 4 heteroatoms. The summed E-state index contributed by atoms with van der Waals surface area (Å²) in [6, 6.07) is 10.1. The van der Waals surface area contributed by atoms with Crippen LogP contribution in [0.15, 0.2) is 30.3 Å². The maximum atomic E-state index is 10.9. The molecule has 1 N–H and O–H groups in total. The SMILES string of the molecule is C[C@@H]1CN(Cc2ccccc2)C[C@@H](C(=O)O)O1. The normalized spacial score (nSPS) is 25.7. The number of carboxylic acids is 1. The predicted molar refractivity (Wildman–Crippen MR) is 63.7 cm³/mol. The van der Waals surface area contributed by atoms with Crippen LogP contribution in [-0.4, -0.2) is 41.3 Å². The first-order valence-electron chi connectivity index (χ1n) is 5.79. The second kappa shape index (κ2) is 5.29. The molecule has 0 spiro atoms. The van der Waals surface area contributed by atoms with E-state index in [1.807, 2.05) is 25.1 Å². The van der Waals surface area contributed by atoms with Crippen LogP contribution in [-0.2, 0) is 16.1 Å². The summed E-state index contributed by atoms with van der Waals surface area (Å²) in [4.78, 5) is 13.1. The number of carbonyl (C=O) groups is 1. The van der Waals surface area contributed by atoms with E-state index < -0.39 is 12.1 Å². The van der Waals surface area contributed by atoms with Crippen LogP contribution >= 0.6 is 0 Å². The van der Waals surface area contributed by atoms with E-state index in [4.69, 9.17) is 9.84 Å². The van der Waals surface area contributed by atoms with Gasteiger partial charge in [-0.15, -0.1) is 0 Å². The Kier molecular flexibility index (Phi) is 3.76. The Morgan fingerprint density at radius 2 is 2.12 bits per heavy atom. The van der Waals surface area contributed by atoms with Crippen molar-refractivity contribution in [3.05, 3.63) is 35.9 Å². The van der Waals surface area contributed by atoms with Gasteiger partial charge in [-0.1, -0.05) is 30.3 Å². The molecule has 1 aliphatic rings. The largest absolute Gasteiger partial charge is 0.479 e. The molecule has 0 bridgehead atoms. The van der Waals surface area contributed by atoms with E-state index in [2.05, 4.69) is 17.0 Å². The van der Waals surface area contributed by atoms with Gasteiger partial charge in [-0.3, -0.25) is 4.90 Å². The lowest BCUT2D eigenvalue weighted by molar-refractivity contribution is -0.163. The zero-order chi connectivity index (χ0) is 12.3. The van der Waals surface area contributed by atoms with Crippen molar-refractivity contribution < 1.29 is 14.6 Å². The minimum atomic E-state index is -0.880. The minimum absolute atomic E-state index is 0.0337. The van der Waals surface area contributed by atoms with Crippen molar-refractivity contribution in [2.24, 2.45) is 0 Å². The fourth-order valence-corrected chi connectivity index (χ4v) is 2.15. The molecule has 2 rings (SSSR count). The van der Waals surface area contributed by atoms with Gasteiger partial charge in [0.05, 0.1) is 6.10 Å². The average Bonchev–Trinajstić information content (AvgIpc) is 2.29. The highest BCUT2D eigenvalue weighted by Gasteiger charge is 2.29. The summed E-state index contributed by atoms with van der Waals surface area (Å²) in [6.45, 7) is 3.92. The summed E-state index contributed by atoms with van der Waals surface area (Å²) in [5, 5.41) is 8.99. The molecular weight excluding hydrogens is 218 g/mol. The molecule has 1 fully saturated rings. The topological polar surface area (TPSA) is 49.8 Å². The Morgan fingerprint density at radius 1 is 1.41 bits per heavy atom. The lowest BCUT2D eigenvalue weighted by atomic mass is 10.1. The molecule has 1 aliphatic heterocycles. The molecule has 4 nitrogen and oxygen atoms in total. The maximum absolute atomic E-state index is 10.9. The van der Waals surface area contributed by atoms with Crippen LogP contribution in [0.3, 0.4) is 0 Å². The van der Waals surface area contributed by atoms with Gasteiger partial charge in [0.25, 0.3) is 0 Å². The van der Waals surface area contributed by atoms with Gasteiger partial charge in [0.2, 0.25) is 0 Å². The van der Waals surface area contributed by atoms with Crippen molar-refractivity contribution in [2.45, 2.75) is 25.7 Å². The van der Waals surface area contributed by atoms with E-state index in [0.717, 1.165) is 13.1 Å². The van der Waals surface area contributed by atoms with Crippen molar-refractivity contribution in [1.82, 2.24) is 4.90 Å². The van der Waals surface area contributed by atoms with Gasteiger partial charge in [-0.05, 0) is 12.5 Å². The van der Waals surface area contributed by atoms with Crippen LogP contribution < -0.4 is 0 Å². The first-order chi connectivity index (χ1) is 8.15. The van der Waals surface area contributed by atoms with E-state index in [0.29, 0.717) is 6.54 Å². The maximum Gasteiger partial charge on any atom is 0.334 e. The van der Waals surface area contributed by atoms with Crippen molar-refractivity contribution >= 4 is 5.97 Å². The molecule has 0 radical (unpaired) electrons. The Bertz CT molecular complexity index is 380. The summed E-state index contributed by atoms with van der Waals surface area (Å²) in [5.74, 6) is -0.880. The second-order valence-electron chi connectivity index (χ2n) is 4.45. The molecule has 1 saturated heterocycles. The highest BCUT2D eigenvalue weighted by molar-refractivity contribution is 5.72. The monoisotopic (exact) mass is 235 g/mol. The summed E-state index contributed by atoms with van der Waals surface area (Å²) < 4.78 is 5.37. The summed E-state index contributed by atoms with van der Waals surface area (Å²) in [7, 11) is 0. The average molecular weight is 235 g/mol. The summed E-state index contributed by atoms with van der Waals surface area (Å²) >= 11 is 0. The number of ether oxygens (including phenoxy) is 1. The smallest absolute Gasteiger partial charge is 0.334 e. The molecular formula is C13H17NO3. The first-order valence-corrected chi connectivity index (χ1v) is 5.79. The summed E-state index contributed by atoms with van der Waals surface area (Å²) in [6.07, 6.45) is -0.740. The number of hydrogen-bond donors (Lipinski definition) is 1. The number of carboxylic acid groups (broad SMARTS) is 1. The van der Waals surface area contributed by atoms with Gasteiger partial charge < -0.3 is 9.84 Å². The zero-order valence-corrected chi connectivity index (χ0v) is 9.87. The molecule has 0 aliphatic carbocycles. The number of morpholine rings is 1. The number of benzene rings is 1. The third kappa shape index (κ3) is 3.28. The number of rotatable bonds is 3. The molecule has 0 unspecified atom stereocenters. The van der Waals surface area contributed by atoms with Gasteiger partial charge >= 0.3 is 5.97 Å². The quantitative estimate of drug-likeness (QED) is 0.859. The van der Waals surface area contributed by atoms with Crippen LogP contribution in [0.1, 0.15) is 12.5 Å². The molecule has 92 valence electrons. The van der Waals surface area contributed by atoms with E-state index in [1.54, 1.807) is 0 Å². The van der Waals surface area contributed by atoms with Crippen molar-refractivity contribution in [3.63, 3.8) is 0 Å². The molecule has 0 amide bonds. The van der Waals surface area contributed by atoms with Gasteiger partial charge in [0.1, 0.15) is 0 Å². The second-order valence-corrected chi connectivity index (χ2v) is 4.45. The van der Waals surface area contributed by atoms with E-state index in [9.17, 15) is 4.79 Å². The van der Waals surface area contributed by atoms with E-state index in [1.165, 1.54) is 5.56 Å². The molecule has 2 atom stereocenters. The number of aliphatic carboxylic acids is 1. The van der Waals surface area contributed by atoms with E-state index in [-0.39, 0.29) is 6.10 Å². The molecule has 1 aromatic rings. The fraction of sp³-hybridized carbons (Fsp3) is 0.462. The fourth-order valence-electron chi connectivity index (χ4n) is 2.15. The number of hydrogen-bond acceptors (Lipinski definition) is 3. The highest BCUT2D eigenvalue weighted by Crippen LogP contribution is 2.14. The van der Waals surface area contributed by atoms with Gasteiger partial charge in [-0.25, -0.2) is 4.79 Å². The van der Waals surface area contributed by atoms with E-state index >= 15 is 0 Å². The van der Waals surface area contributed by atoms with Crippen LogP contribution in [0.25, 0.3) is 0 Å². The number of nitrogens with zero attached hydrogens (tertiary/aromatic N) is 1. The molecule has 1 aromatic carbocycles. The Morgan fingerprint density at radius 3 is 2.76 bits per heavy atom. The molecule has 0 saturated carbocycles. The van der Waals surface area contributed by atoms with Crippen molar-refractivity contribution in [2.75, 3.05) is 13.1 Å². The lowest BCUT2D eigenvalue weighted by Crippen LogP contribution is -2.49. The van der Waals surface area contributed by atoms with Gasteiger partial charge in [0, 0.05) is 19.6 Å². The van der Waals surface area contributed by atoms with Crippen LogP contribution in [0.4, 0.5) is 0 Å². The molecule has 0 aromatic heterocycles. The lowest BCUT2D eigenvalue weighted by Gasteiger charge is -2.34. The van der Waals surface area contributed by atoms with Gasteiger partial charge in [-0.2, -0.15) is 0 Å². The minimum Gasteiger partial charge on any atom is -0.479 e. The Balaban J connectivity index is 1.99. The first kappa shape index (κ1) is 12.1. The van der Waals surface area contributed by atoms with Crippen LogP contribution in [0.2, 0.25) is 0 Å². The standard InChI is InChI=1S/C13H17NO3/c1-10-7-14(9-12(17-10)13(15)16)8-11-5-3-2-4-6-11/h2-6,10,12H,7-9H2,1H3,(H,15,16)/t10-,12+/m1/s1.